The summed E-state index contributed by atoms with van der Waals surface area (Å²) in [6.45, 7) is 5.08. The third-order valence-electron chi connectivity index (χ3n) is 2.61. The molecule has 0 aliphatic rings. The molecule has 0 aliphatic carbocycles. The molecule has 0 saturated heterocycles. The van der Waals surface area contributed by atoms with Gasteiger partial charge >= 0.3 is 0 Å². The second-order valence-corrected chi connectivity index (χ2v) is 5.91. The zero-order valence-electron chi connectivity index (χ0n) is 11.4. The summed E-state index contributed by atoms with van der Waals surface area (Å²) in [6, 6.07) is 6.47. The Morgan fingerprint density at radius 2 is 2.05 bits per heavy atom. The number of hydrogen-bond acceptors (Lipinski definition) is 5. The monoisotopic (exact) mass is 295 g/mol. The van der Waals surface area contributed by atoms with E-state index in [2.05, 4.69) is 15.0 Å². The molecule has 2 N–H and O–H groups in total. The van der Waals surface area contributed by atoms with E-state index >= 15 is 0 Å². The normalized spacial score (nSPS) is 11.5. The van der Waals surface area contributed by atoms with Crippen molar-refractivity contribution in [2.75, 3.05) is 11.3 Å². The van der Waals surface area contributed by atoms with Crippen LogP contribution in [0.2, 0.25) is 0 Å². The van der Waals surface area contributed by atoms with E-state index in [-0.39, 0.29) is 5.09 Å². The van der Waals surface area contributed by atoms with Gasteiger partial charge < -0.3 is 9.73 Å². The number of anilines is 1. The summed E-state index contributed by atoms with van der Waals surface area (Å²) in [5.74, 6) is 0.578. The number of sulfonamides is 1. The van der Waals surface area contributed by atoms with Gasteiger partial charge in [0, 0.05) is 5.69 Å². The van der Waals surface area contributed by atoms with Crippen LogP contribution in [0.15, 0.2) is 40.0 Å². The van der Waals surface area contributed by atoms with Crippen molar-refractivity contribution in [1.29, 1.82) is 0 Å². The molecule has 0 unspecified atom stereocenters. The van der Waals surface area contributed by atoms with Gasteiger partial charge in [-0.1, -0.05) is 6.92 Å². The zero-order chi connectivity index (χ0) is 14.6. The number of aryl methyl sites for hydroxylation is 1. The van der Waals surface area contributed by atoms with Crippen LogP contribution in [0.4, 0.5) is 5.69 Å². The number of nitrogens with zero attached hydrogens (tertiary/aromatic N) is 1. The van der Waals surface area contributed by atoms with Crippen molar-refractivity contribution >= 4 is 15.7 Å². The van der Waals surface area contributed by atoms with Gasteiger partial charge in [0.25, 0.3) is 10.0 Å². The van der Waals surface area contributed by atoms with Crippen molar-refractivity contribution in [2.24, 2.45) is 0 Å². The highest BCUT2D eigenvalue weighted by Crippen LogP contribution is 2.18. The Morgan fingerprint density at radius 3 is 2.70 bits per heavy atom. The van der Waals surface area contributed by atoms with Gasteiger partial charge in [-0.25, -0.2) is 0 Å². The van der Waals surface area contributed by atoms with E-state index in [1.165, 1.54) is 12.3 Å². The lowest BCUT2D eigenvalue weighted by Crippen LogP contribution is -2.13. The first kappa shape index (κ1) is 14.5. The van der Waals surface area contributed by atoms with Gasteiger partial charge in [0.15, 0.2) is 0 Å². The minimum atomic E-state index is -3.71. The highest BCUT2D eigenvalue weighted by atomic mass is 32.2. The molecule has 0 aromatic carbocycles. The molecule has 2 aromatic rings. The van der Waals surface area contributed by atoms with E-state index in [0.717, 1.165) is 12.2 Å². The Bertz CT molecular complexity index is 662. The summed E-state index contributed by atoms with van der Waals surface area (Å²) in [5.41, 5.74) is 1.22. The van der Waals surface area contributed by atoms with Crippen LogP contribution in [-0.4, -0.2) is 19.9 Å². The van der Waals surface area contributed by atoms with Crippen molar-refractivity contribution in [1.82, 2.24) is 10.3 Å². The smallest absolute Gasteiger partial charge is 0.295 e. The molecule has 7 heteroatoms. The van der Waals surface area contributed by atoms with E-state index in [4.69, 9.17) is 4.42 Å². The van der Waals surface area contributed by atoms with Crippen LogP contribution in [0, 0.1) is 6.92 Å². The predicted molar refractivity (Wildman–Crippen MR) is 75.9 cm³/mol. The van der Waals surface area contributed by atoms with Crippen LogP contribution < -0.4 is 10.0 Å². The molecule has 0 radical (unpaired) electrons. The SMILES string of the molecule is CCNCc1ccc(S(=O)(=O)Nc2ccc(C)nc2)o1. The van der Waals surface area contributed by atoms with Crippen LogP contribution in [0.1, 0.15) is 18.4 Å². The third kappa shape index (κ3) is 3.58. The maximum absolute atomic E-state index is 12.1. The second kappa shape index (κ2) is 6.06. The summed E-state index contributed by atoms with van der Waals surface area (Å²) >= 11 is 0. The Labute approximate surface area is 118 Å². The molecule has 6 nitrogen and oxygen atoms in total. The molecule has 0 fully saturated rings. The molecule has 0 bridgehead atoms. The van der Waals surface area contributed by atoms with E-state index in [0.29, 0.717) is 18.0 Å². The van der Waals surface area contributed by atoms with E-state index in [1.54, 1.807) is 18.2 Å². The van der Waals surface area contributed by atoms with Crippen LogP contribution in [0.3, 0.4) is 0 Å². The van der Waals surface area contributed by atoms with E-state index < -0.39 is 10.0 Å². The van der Waals surface area contributed by atoms with Crippen molar-refractivity contribution in [3.63, 3.8) is 0 Å². The summed E-state index contributed by atoms with van der Waals surface area (Å²) < 4.78 is 32.0. The van der Waals surface area contributed by atoms with E-state index in [1.807, 2.05) is 13.8 Å². The molecule has 0 spiro atoms. The molecule has 108 valence electrons. The minimum absolute atomic E-state index is 0.106. The lowest BCUT2D eigenvalue weighted by molar-refractivity contribution is 0.405. The summed E-state index contributed by atoms with van der Waals surface area (Å²) in [7, 11) is -3.71. The van der Waals surface area contributed by atoms with Crippen molar-refractivity contribution in [3.8, 4) is 0 Å². The standard InChI is InChI=1S/C13H17N3O3S/c1-3-14-9-12-6-7-13(19-12)20(17,18)16-11-5-4-10(2)15-8-11/h4-8,14,16H,3,9H2,1-2H3. The van der Waals surface area contributed by atoms with Crippen LogP contribution >= 0.6 is 0 Å². The Kier molecular flexibility index (Phi) is 4.41. The number of furan rings is 1. The molecule has 2 heterocycles. The zero-order valence-corrected chi connectivity index (χ0v) is 12.2. The predicted octanol–water partition coefficient (Wildman–Crippen LogP) is 1.89. The first-order chi connectivity index (χ1) is 9.51. The van der Waals surface area contributed by atoms with Crippen molar-refractivity contribution < 1.29 is 12.8 Å². The molecule has 0 atom stereocenters. The van der Waals surface area contributed by atoms with Gasteiger partial charge in [-0.15, -0.1) is 0 Å². The summed E-state index contributed by atoms with van der Waals surface area (Å²) in [4.78, 5) is 4.04. The van der Waals surface area contributed by atoms with Gasteiger partial charge in [-0.2, -0.15) is 8.42 Å². The number of nitrogens with one attached hydrogen (secondary N) is 2. The molecular weight excluding hydrogens is 278 g/mol. The lowest BCUT2D eigenvalue weighted by Gasteiger charge is -2.05. The number of pyridine rings is 1. The molecule has 0 aliphatic heterocycles. The maximum Gasteiger partial charge on any atom is 0.295 e. The number of hydrogen-bond donors (Lipinski definition) is 2. The third-order valence-corrected chi connectivity index (χ3v) is 3.87. The largest absolute Gasteiger partial charge is 0.446 e. The first-order valence-corrected chi connectivity index (χ1v) is 7.74. The number of aromatic nitrogens is 1. The lowest BCUT2D eigenvalue weighted by atomic mass is 10.4. The number of rotatable bonds is 6. The van der Waals surface area contributed by atoms with Crippen LogP contribution in [-0.2, 0) is 16.6 Å². The van der Waals surface area contributed by atoms with Gasteiger partial charge in [0.2, 0.25) is 5.09 Å². The molecule has 2 aromatic heterocycles. The summed E-state index contributed by atoms with van der Waals surface area (Å²) in [5, 5.41) is 2.96. The van der Waals surface area contributed by atoms with Crippen LogP contribution in [0.25, 0.3) is 0 Å². The fraction of sp³-hybridized carbons (Fsp3) is 0.308. The quantitative estimate of drug-likeness (QED) is 0.850. The van der Waals surface area contributed by atoms with Crippen LogP contribution in [0.5, 0.6) is 0 Å². The average Bonchev–Trinajstić information content (AvgIpc) is 2.88. The fourth-order valence-corrected chi connectivity index (χ4v) is 2.58. The van der Waals surface area contributed by atoms with Gasteiger partial charge in [-0.3, -0.25) is 9.71 Å². The van der Waals surface area contributed by atoms with Gasteiger partial charge in [0.05, 0.1) is 18.4 Å². The Hall–Kier alpha value is -1.86. The molecular formula is C13H17N3O3S. The molecule has 2 rings (SSSR count). The molecule has 0 saturated carbocycles. The fourth-order valence-electron chi connectivity index (χ4n) is 1.58. The van der Waals surface area contributed by atoms with Crippen molar-refractivity contribution in [3.05, 3.63) is 41.9 Å². The highest BCUT2D eigenvalue weighted by molar-refractivity contribution is 7.92. The highest BCUT2D eigenvalue weighted by Gasteiger charge is 2.18. The van der Waals surface area contributed by atoms with Gasteiger partial charge in [0.1, 0.15) is 5.76 Å². The van der Waals surface area contributed by atoms with E-state index in [9.17, 15) is 8.42 Å². The topological polar surface area (TPSA) is 84.2 Å². The molecule has 0 amide bonds. The van der Waals surface area contributed by atoms with Gasteiger partial charge in [-0.05, 0) is 37.7 Å². The Morgan fingerprint density at radius 1 is 1.25 bits per heavy atom. The molecule has 20 heavy (non-hydrogen) atoms. The first-order valence-electron chi connectivity index (χ1n) is 6.26. The maximum atomic E-state index is 12.1. The second-order valence-electron chi connectivity index (χ2n) is 4.29. The Balaban J connectivity index is 2.13. The minimum Gasteiger partial charge on any atom is -0.446 e. The van der Waals surface area contributed by atoms with Crippen molar-refractivity contribution in [2.45, 2.75) is 25.5 Å². The average molecular weight is 295 g/mol. The summed E-state index contributed by atoms with van der Waals surface area (Å²) in [6.07, 6.45) is 1.47.